The quantitative estimate of drug-likeness (QED) is 0.330. The molecule has 0 aromatic heterocycles. The molecule has 0 aliphatic heterocycles. The van der Waals surface area contributed by atoms with Crippen LogP contribution in [0.3, 0.4) is 0 Å². The first-order valence-corrected chi connectivity index (χ1v) is 1.35. The third-order valence-electron chi connectivity index (χ3n) is 0.110. The lowest BCUT2D eigenvalue weighted by Gasteiger charge is -1.68. The number of nitrogens with two attached hydrogens (primary N) is 1. The van der Waals surface area contributed by atoms with Crippen molar-refractivity contribution in [3.05, 3.63) is 0 Å². The summed E-state index contributed by atoms with van der Waals surface area (Å²) in [5, 5.41) is 2.53. The molecule has 0 saturated heterocycles. The summed E-state index contributed by atoms with van der Waals surface area (Å²) < 4.78 is 0. The molecule has 0 bridgehead atoms. The van der Waals surface area contributed by atoms with Crippen LogP contribution in [0.15, 0.2) is 5.11 Å². The first-order chi connectivity index (χ1) is 2.27. The second kappa shape index (κ2) is 1.78. The monoisotopic (exact) mass is 89.0 g/mol. The fourth-order valence-electron chi connectivity index (χ4n) is 0. The summed E-state index contributed by atoms with van der Waals surface area (Å²) in [7, 11) is 0. The topological polar surface area (TPSA) is 62.2 Å². The van der Waals surface area contributed by atoms with Gasteiger partial charge in [-0.3, -0.25) is 0 Å². The first kappa shape index (κ1) is 4.49. The van der Waals surface area contributed by atoms with Crippen molar-refractivity contribution in [2.75, 3.05) is 0 Å². The lowest BCUT2D eigenvalue weighted by atomic mass is 11.2. The molecule has 4 heteroatoms. The molecular formula is CH3N3S. The van der Waals surface area contributed by atoms with Crippen LogP contribution in [-0.2, 0) is 0 Å². The van der Waals surface area contributed by atoms with E-state index in [4.69, 9.17) is 5.53 Å². The van der Waals surface area contributed by atoms with Crippen LogP contribution in [0.1, 0.15) is 0 Å². The fraction of sp³-hybridized carbons (Fsp3) is 0. The van der Waals surface area contributed by atoms with Crippen LogP contribution in [0.5, 0.6) is 0 Å². The summed E-state index contributed by atoms with van der Waals surface area (Å²) in [4.78, 5) is 0. The maximum absolute atomic E-state index is 6.02. The van der Waals surface area contributed by atoms with Gasteiger partial charge in [-0.05, 0) is 12.2 Å². The summed E-state index contributed by atoms with van der Waals surface area (Å²) in [6.45, 7) is 0. The number of hydrogen-bond acceptors (Lipinski definition) is 2. The van der Waals surface area contributed by atoms with Crippen molar-refractivity contribution in [2.24, 2.45) is 10.8 Å². The molecule has 0 rings (SSSR count). The molecule has 0 aliphatic carbocycles. The predicted molar refractivity (Wildman–Crippen MR) is 21.9 cm³/mol. The number of thiocarbonyl (C=S) groups is 1. The number of hydrogen-bond donors (Lipinski definition) is 2. The molecule has 0 fully saturated rings. The van der Waals surface area contributed by atoms with Crippen LogP contribution >= 0.6 is 12.2 Å². The molecule has 3 nitrogen and oxygen atoms in total. The SMILES string of the molecule is N=NC(N)=S. The normalized spacial score (nSPS) is 6.40. The minimum atomic E-state index is -0.120. The third-order valence-corrected chi connectivity index (χ3v) is 0.201. The van der Waals surface area contributed by atoms with Gasteiger partial charge in [0.15, 0.2) is 0 Å². The van der Waals surface area contributed by atoms with Crippen LogP contribution in [0.4, 0.5) is 0 Å². The smallest absolute Gasteiger partial charge is 0.210 e. The molecule has 5 heavy (non-hydrogen) atoms. The molecule has 0 aromatic rings. The molecule has 0 radical (unpaired) electrons. The minimum absolute atomic E-state index is 0.120. The predicted octanol–water partition coefficient (Wildman–Crippen LogP) is 0.261. The summed E-state index contributed by atoms with van der Waals surface area (Å²) in [5.41, 5.74) is 10.7. The van der Waals surface area contributed by atoms with Gasteiger partial charge >= 0.3 is 0 Å². The Labute approximate surface area is 34.7 Å². The van der Waals surface area contributed by atoms with Gasteiger partial charge in [-0.1, -0.05) is 0 Å². The highest BCUT2D eigenvalue weighted by Gasteiger charge is 1.66. The van der Waals surface area contributed by atoms with Crippen molar-refractivity contribution in [3.63, 3.8) is 0 Å². The summed E-state index contributed by atoms with van der Waals surface area (Å²) in [6.07, 6.45) is 0. The Hall–Kier alpha value is -0.510. The maximum atomic E-state index is 6.02. The van der Waals surface area contributed by atoms with Gasteiger partial charge in [-0.25, -0.2) is 5.53 Å². The third kappa shape index (κ3) is 3.49. The van der Waals surface area contributed by atoms with Crippen molar-refractivity contribution in [2.45, 2.75) is 0 Å². The van der Waals surface area contributed by atoms with E-state index in [9.17, 15) is 0 Å². The molecule has 0 saturated carbocycles. The summed E-state index contributed by atoms with van der Waals surface area (Å²) >= 11 is 4.12. The highest BCUT2D eigenvalue weighted by Crippen LogP contribution is 1.58. The number of nitrogens with zero attached hydrogens (tertiary/aromatic N) is 1. The van der Waals surface area contributed by atoms with Gasteiger partial charge in [0.05, 0.1) is 0 Å². The van der Waals surface area contributed by atoms with Crippen molar-refractivity contribution in [3.8, 4) is 0 Å². The Morgan fingerprint density at radius 2 is 2.20 bits per heavy atom. The van der Waals surface area contributed by atoms with Crippen molar-refractivity contribution in [1.29, 1.82) is 5.53 Å². The number of rotatable bonds is 0. The highest BCUT2D eigenvalue weighted by molar-refractivity contribution is 7.80. The largest absolute Gasteiger partial charge is 0.373 e. The van der Waals surface area contributed by atoms with Crippen molar-refractivity contribution in [1.82, 2.24) is 0 Å². The molecule has 3 N–H and O–H groups in total. The van der Waals surface area contributed by atoms with E-state index in [0.717, 1.165) is 0 Å². The second-order valence-electron chi connectivity index (χ2n) is 0.450. The molecule has 0 unspecified atom stereocenters. The molecule has 28 valence electrons. The zero-order chi connectivity index (χ0) is 4.28. The van der Waals surface area contributed by atoms with Crippen molar-refractivity contribution < 1.29 is 0 Å². The lowest BCUT2D eigenvalue weighted by Crippen LogP contribution is -2.00. The Morgan fingerprint density at radius 3 is 2.20 bits per heavy atom. The zero-order valence-corrected chi connectivity index (χ0v) is 3.25. The summed E-state index contributed by atoms with van der Waals surface area (Å²) in [6, 6.07) is 0. The second-order valence-corrected chi connectivity index (χ2v) is 0.868. The van der Waals surface area contributed by atoms with E-state index < -0.39 is 0 Å². The van der Waals surface area contributed by atoms with E-state index in [2.05, 4.69) is 23.1 Å². The molecular weight excluding hydrogens is 86.1 g/mol. The van der Waals surface area contributed by atoms with Crippen LogP contribution in [0.25, 0.3) is 0 Å². The van der Waals surface area contributed by atoms with Gasteiger partial charge in [0, 0.05) is 0 Å². The zero-order valence-electron chi connectivity index (χ0n) is 2.43. The Kier molecular flexibility index (Phi) is 1.60. The fourth-order valence-corrected chi connectivity index (χ4v) is 0. The molecule has 0 amide bonds. The van der Waals surface area contributed by atoms with E-state index in [-0.39, 0.29) is 5.11 Å². The first-order valence-electron chi connectivity index (χ1n) is 0.940. The van der Waals surface area contributed by atoms with Gasteiger partial charge in [-0.15, -0.1) is 5.11 Å². The van der Waals surface area contributed by atoms with Gasteiger partial charge in [0.25, 0.3) is 0 Å². The van der Waals surface area contributed by atoms with E-state index in [0.29, 0.717) is 0 Å². The number of nitrogens with one attached hydrogen (secondary N) is 1. The van der Waals surface area contributed by atoms with E-state index >= 15 is 0 Å². The molecule has 0 atom stereocenters. The molecule has 0 spiro atoms. The maximum Gasteiger partial charge on any atom is 0.210 e. The lowest BCUT2D eigenvalue weighted by molar-refractivity contribution is 1.19. The Bertz CT molecular complexity index is 57.9. The van der Waals surface area contributed by atoms with Crippen LogP contribution in [-0.4, -0.2) is 5.11 Å². The van der Waals surface area contributed by atoms with E-state index in [1.807, 2.05) is 0 Å². The average Bonchev–Trinajstić information content (AvgIpc) is 1.38. The molecule has 0 aliphatic rings. The average molecular weight is 89.1 g/mol. The van der Waals surface area contributed by atoms with Crippen LogP contribution in [0.2, 0.25) is 0 Å². The van der Waals surface area contributed by atoms with E-state index in [1.54, 1.807) is 0 Å². The highest BCUT2D eigenvalue weighted by atomic mass is 32.1. The summed E-state index contributed by atoms with van der Waals surface area (Å²) in [5.74, 6) is 0. The Morgan fingerprint density at radius 1 is 2.00 bits per heavy atom. The van der Waals surface area contributed by atoms with Gasteiger partial charge in [0.1, 0.15) is 0 Å². The van der Waals surface area contributed by atoms with Gasteiger partial charge in [0.2, 0.25) is 5.11 Å². The Balaban J connectivity index is 3.20. The van der Waals surface area contributed by atoms with Gasteiger partial charge in [-0.2, -0.15) is 0 Å². The minimum Gasteiger partial charge on any atom is -0.373 e. The van der Waals surface area contributed by atoms with Gasteiger partial charge < -0.3 is 5.73 Å². The molecule has 0 heterocycles. The molecule has 0 aromatic carbocycles. The van der Waals surface area contributed by atoms with Crippen LogP contribution in [0, 0.1) is 5.53 Å². The van der Waals surface area contributed by atoms with Crippen LogP contribution < -0.4 is 5.73 Å². The van der Waals surface area contributed by atoms with Crippen molar-refractivity contribution >= 4 is 17.3 Å². The van der Waals surface area contributed by atoms with E-state index in [1.165, 1.54) is 0 Å². The standard InChI is InChI=1S/CH3N3S/c2-1(5)4-3/h3H,(H2,2,5).